The van der Waals surface area contributed by atoms with Crippen molar-refractivity contribution in [2.45, 2.75) is 26.3 Å². The minimum Gasteiger partial charge on any atom is -0.480 e. The van der Waals surface area contributed by atoms with Crippen LogP contribution in [0, 0.1) is 0 Å². The van der Waals surface area contributed by atoms with Crippen LogP contribution in [0.2, 0.25) is 0 Å². The Bertz CT molecular complexity index is 548. The molecule has 0 heterocycles. The Kier molecular flexibility index (Phi) is 7.45. The normalized spacial score (nSPS) is 11.5. The summed E-state index contributed by atoms with van der Waals surface area (Å²) in [5.41, 5.74) is 0.800. The molecule has 1 aromatic rings. The number of amides is 2. The maximum absolute atomic E-state index is 12.1. The van der Waals surface area contributed by atoms with Crippen molar-refractivity contribution in [3.8, 4) is 0 Å². The van der Waals surface area contributed by atoms with Gasteiger partial charge in [-0.05, 0) is 36.1 Å². The predicted molar refractivity (Wildman–Crippen MR) is 87.3 cm³/mol. The van der Waals surface area contributed by atoms with E-state index in [1.807, 2.05) is 6.92 Å². The van der Waals surface area contributed by atoms with E-state index in [1.54, 1.807) is 30.0 Å². The summed E-state index contributed by atoms with van der Waals surface area (Å²) in [6.45, 7) is 3.37. The Morgan fingerprint density at radius 1 is 1.32 bits per heavy atom. The standard InChI is InChI=1S/C15H20N2O4S/c1-3-22-8-7-13(15(20)21)17-14(19)11-5-4-6-12(9-11)16-10(2)18/h4-6,9,13H,3,7-8H2,1-2H3,(H,16,18)(H,17,19)(H,20,21). The molecule has 1 rings (SSSR count). The quantitative estimate of drug-likeness (QED) is 0.635. The number of thioether (sulfide) groups is 1. The zero-order chi connectivity index (χ0) is 16.5. The number of carbonyl (C=O) groups is 3. The SMILES string of the molecule is CCSCCC(NC(=O)c1cccc(NC(C)=O)c1)C(=O)O. The molecule has 120 valence electrons. The summed E-state index contributed by atoms with van der Waals surface area (Å²) in [6.07, 6.45) is 0.366. The molecule has 0 bridgehead atoms. The summed E-state index contributed by atoms with van der Waals surface area (Å²) >= 11 is 1.62. The minimum atomic E-state index is -1.05. The van der Waals surface area contributed by atoms with E-state index in [0.29, 0.717) is 23.4 Å². The molecule has 0 aliphatic heterocycles. The van der Waals surface area contributed by atoms with Crippen molar-refractivity contribution in [1.29, 1.82) is 0 Å². The third-order valence-electron chi connectivity index (χ3n) is 2.80. The van der Waals surface area contributed by atoms with Gasteiger partial charge in [-0.15, -0.1) is 0 Å². The zero-order valence-corrected chi connectivity index (χ0v) is 13.4. The highest BCUT2D eigenvalue weighted by Crippen LogP contribution is 2.11. The van der Waals surface area contributed by atoms with E-state index in [-0.39, 0.29) is 5.91 Å². The smallest absolute Gasteiger partial charge is 0.326 e. The van der Waals surface area contributed by atoms with Crippen molar-refractivity contribution in [3.05, 3.63) is 29.8 Å². The monoisotopic (exact) mass is 324 g/mol. The first kappa shape index (κ1) is 18.0. The zero-order valence-electron chi connectivity index (χ0n) is 12.6. The van der Waals surface area contributed by atoms with Crippen LogP contribution in [0.5, 0.6) is 0 Å². The summed E-state index contributed by atoms with van der Waals surface area (Å²) < 4.78 is 0. The molecule has 6 nitrogen and oxygen atoms in total. The lowest BCUT2D eigenvalue weighted by Crippen LogP contribution is -2.41. The molecule has 0 aliphatic rings. The molecule has 0 radical (unpaired) electrons. The van der Waals surface area contributed by atoms with E-state index in [9.17, 15) is 14.4 Å². The number of carbonyl (C=O) groups excluding carboxylic acids is 2. The van der Waals surface area contributed by atoms with Gasteiger partial charge >= 0.3 is 5.97 Å². The molecule has 0 aromatic heterocycles. The molecular weight excluding hydrogens is 304 g/mol. The van der Waals surface area contributed by atoms with Crippen molar-refractivity contribution < 1.29 is 19.5 Å². The first-order valence-corrected chi connectivity index (χ1v) is 8.08. The van der Waals surface area contributed by atoms with Crippen LogP contribution in [-0.4, -0.2) is 40.4 Å². The van der Waals surface area contributed by atoms with Crippen LogP contribution in [0.1, 0.15) is 30.6 Å². The number of benzene rings is 1. The number of carboxylic acids is 1. The molecule has 2 amide bonds. The predicted octanol–water partition coefficient (Wildman–Crippen LogP) is 1.97. The van der Waals surface area contributed by atoms with E-state index < -0.39 is 17.9 Å². The molecule has 3 N–H and O–H groups in total. The van der Waals surface area contributed by atoms with Crippen molar-refractivity contribution in [3.63, 3.8) is 0 Å². The average Bonchev–Trinajstić information content (AvgIpc) is 2.45. The molecule has 0 fully saturated rings. The Labute approximate surface area is 133 Å². The van der Waals surface area contributed by atoms with E-state index in [2.05, 4.69) is 10.6 Å². The molecule has 0 spiro atoms. The molecular formula is C15H20N2O4S. The summed E-state index contributed by atoms with van der Waals surface area (Å²) in [7, 11) is 0. The fourth-order valence-electron chi connectivity index (χ4n) is 1.79. The van der Waals surface area contributed by atoms with Crippen molar-refractivity contribution in [2.24, 2.45) is 0 Å². The summed E-state index contributed by atoms with van der Waals surface area (Å²) in [5.74, 6) is -0.194. The van der Waals surface area contributed by atoms with Gasteiger partial charge in [0.2, 0.25) is 5.91 Å². The largest absolute Gasteiger partial charge is 0.480 e. The van der Waals surface area contributed by atoms with Gasteiger partial charge in [-0.25, -0.2) is 4.79 Å². The van der Waals surface area contributed by atoms with E-state index in [4.69, 9.17) is 5.11 Å². The van der Waals surface area contributed by atoms with Crippen molar-refractivity contribution >= 4 is 35.2 Å². The second-order valence-electron chi connectivity index (χ2n) is 4.61. The number of rotatable bonds is 8. The molecule has 0 saturated carbocycles. The molecule has 1 aromatic carbocycles. The second kappa shape index (κ2) is 9.09. The van der Waals surface area contributed by atoms with Gasteiger partial charge in [0.25, 0.3) is 5.91 Å². The van der Waals surface area contributed by atoms with Crippen LogP contribution in [-0.2, 0) is 9.59 Å². The van der Waals surface area contributed by atoms with Gasteiger partial charge in [-0.1, -0.05) is 13.0 Å². The van der Waals surface area contributed by atoms with E-state index in [1.165, 1.54) is 13.0 Å². The first-order valence-electron chi connectivity index (χ1n) is 6.93. The topological polar surface area (TPSA) is 95.5 Å². The van der Waals surface area contributed by atoms with Crippen LogP contribution in [0.4, 0.5) is 5.69 Å². The maximum atomic E-state index is 12.1. The number of nitrogens with one attached hydrogen (secondary N) is 2. The average molecular weight is 324 g/mol. The first-order chi connectivity index (χ1) is 10.4. The van der Waals surface area contributed by atoms with Gasteiger partial charge in [0.05, 0.1) is 0 Å². The van der Waals surface area contributed by atoms with Crippen LogP contribution in [0.25, 0.3) is 0 Å². The Hall–Kier alpha value is -2.02. The molecule has 0 aliphatic carbocycles. The van der Waals surface area contributed by atoms with Crippen LogP contribution >= 0.6 is 11.8 Å². The number of aliphatic carboxylic acids is 1. The Morgan fingerprint density at radius 3 is 2.64 bits per heavy atom. The highest BCUT2D eigenvalue weighted by molar-refractivity contribution is 7.99. The third-order valence-corrected chi connectivity index (χ3v) is 3.74. The number of hydrogen-bond acceptors (Lipinski definition) is 4. The Balaban J connectivity index is 2.72. The van der Waals surface area contributed by atoms with E-state index in [0.717, 1.165) is 5.75 Å². The lowest BCUT2D eigenvalue weighted by molar-refractivity contribution is -0.139. The fourth-order valence-corrected chi connectivity index (χ4v) is 2.48. The second-order valence-corrected chi connectivity index (χ2v) is 6.01. The maximum Gasteiger partial charge on any atom is 0.326 e. The highest BCUT2D eigenvalue weighted by Gasteiger charge is 2.20. The molecule has 1 atom stereocenters. The highest BCUT2D eigenvalue weighted by atomic mass is 32.2. The van der Waals surface area contributed by atoms with Gasteiger partial charge in [0.1, 0.15) is 6.04 Å². The lowest BCUT2D eigenvalue weighted by Gasteiger charge is -2.14. The third kappa shape index (κ3) is 6.17. The summed E-state index contributed by atoms with van der Waals surface area (Å²) in [5, 5.41) is 14.2. The van der Waals surface area contributed by atoms with Crippen LogP contribution in [0.15, 0.2) is 24.3 Å². The molecule has 1 unspecified atom stereocenters. The van der Waals surface area contributed by atoms with Crippen LogP contribution in [0.3, 0.4) is 0 Å². The fraction of sp³-hybridized carbons (Fsp3) is 0.400. The number of hydrogen-bond donors (Lipinski definition) is 3. The molecule has 0 saturated heterocycles. The minimum absolute atomic E-state index is 0.238. The number of carboxylic acid groups (broad SMARTS) is 1. The van der Waals surface area contributed by atoms with Crippen molar-refractivity contribution in [2.75, 3.05) is 16.8 Å². The van der Waals surface area contributed by atoms with Gasteiger partial charge in [0.15, 0.2) is 0 Å². The molecule has 7 heteroatoms. The van der Waals surface area contributed by atoms with Crippen molar-refractivity contribution in [1.82, 2.24) is 5.32 Å². The molecule has 22 heavy (non-hydrogen) atoms. The summed E-state index contributed by atoms with van der Waals surface area (Å²) in [4.78, 5) is 34.3. The van der Waals surface area contributed by atoms with Gasteiger partial charge in [0, 0.05) is 18.2 Å². The van der Waals surface area contributed by atoms with Gasteiger partial charge < -0.3 is 15.7 Å². The van der Waals surface area contributed by atoms with Gasteiger partial charge in [-0.2, -0.15) is 11.8 Å². The lowest BCUT2D eigenvalue weighted by atomic mass is 10.1. The van der Waals surface area contributed by atoms with E-state index >= 15 is 0 Å². The van der Waals surface area contributed by atoms with Crippen LogP contribution < -0.4 is 10.6 Å². The number of anilines is 1. The van der Waals surface area contributed by atoms with Gasteiger partial charge in [-0.3, -0.25) is 9.59 Å². The Morgan fingerprint density at radius 2 is 2.05 bits per heavy atom. The summed E-state index contributed by atoms with van der Waals surface area (Å²) in [6, 6.07) is 5.45.